The number of fused-ring (bicyclic) bond motifs is 1. The van der Waals surface area contributed by atoms with Crippen LogP contribution in [0.15, 0.2) is 30.3 Å². The molecule has 0 bridgehead atoms. The molecular formula is C31H38F5N3O6. The van der Waals surface area contributed by atoms with E-state index in [1.54, 1.807) is 12.1 Å². The van der Waals surface area contributed by atoms with Gasteiger partial charge in [-0.25, -0.2) is 8.78 Å². The molecule has 4 rings (SSSR count). The third-order valence-electron chi connectivity index (χ3n) is 7.38. The molecular weight excluding hydrogens is 605 g/mol. The average molecular weight is 644 g/mol. The van der Waals surface area contributed by atoms with Crippen molar-refractivity contribution in [2.75, 3.05) is 44.8 Å². The summed E-state index contributed by atoms with van der Waals surface area (Å²) in [6.07, 6.45) is 1.11. The topological polar surface area (TPSA) is 117 Å². The van der Waals surface area contributed by atoms with Crippen LogP contribution in [0.3, 0.4) is 0 Å². The van der Waals surface area contributed by atoms with Crippen LogP contribution in [0.1, 0.15) is 49.7 Å². The van der Waals surface area contributed by atoms with Gasteiger partial charge in [0.2, 0.25) is 12.2 Å². The fourth-order valence-corrected chi connectivity index (χ4v) is 5.15. The van der Waals surface area contributed by atoms with Crippen molar-refractivity contribution < 1.29 is 50.9 Å². The number of hydrogen-bond donors (Lipinski definition) is 3. The van der Waals surface area contributed by atoms with E-state index >= 15 is 0 Å². The lowest BCUT2D eigenvalue weighted by Gasteiger charge is -2.34. The Hall–Kier alpha value is -3.78. The predicted molar refractivity (Wildman–Crippen MR) is 155 cm³/mol. The molecule has 14 heteroatoms. The van der Waals surface area contributed by atoms with Crippen molar-refractivity contribution in [1.82, 2.24) is 10.2 Å². The molecule has 0 spiro atoms. The molecule has 1 fully saturated rings. The summed E-state index contributed by atoms with van der Waals surface area (Å²) < 4.78 is 68.9. The number of carbonyl (C=O) groups excluding carboxylic acids is 3. The molecule has 2 aliphatic rings. The molecule has 1 aliphatic carbocycles. The first-order valence-corrected chi connectivity index (χ1v) is 14.8. The van der Waals surface area contributed by atoms with E-state index in [9.17, 15) is 36.6 Å². The van der Waals surface area contributed by atoms with E-state index in [1.807, 2.05) is 4.90 Å². The number of phenols is 1. The number of halogens is 5. The lowest BCUT2D eigenvalue weighted by Crippen LogP contribution is -2.45. The molecule has 0 atom stereocenters. The van der Waals surface area contributed by atoms with Crippen molar-refractivity contribution in [2.24, 2.45) is 0 Å². The van der Waals surface area contributed by atoms with E-state index in [4.69, 9.17) is 14.3 Å². The van der Waals surface area contributed by atoms with Crippen LogP contribution in [-0.4, -0.2) is 79.8 Å². The normalized spacial score (nSPS) is 14.8. The number of carbonyl (C=O) groups is 3. The minimum atomic E-state index is -4.64. The van der Waals surface area contributed by atoms with Crippen molar-refractivity contribution in [2.45, 2.75) is 63.6 Å². The van der Waals surface area contributed by atoms with Crippen molar-refractivity contribution in [3.05, 3.63) is 53.1 Å². The smallest absolute Gasteiger partial charge is 0.446 e. The summed E-state index contributed by atoms with van der Waals surface area (Å²) in [5.74, 6) is -1.50. The molecule has 45 heavy (non-hydrogen) atoms. The number of anilines is 1. The largest absolute Gasteiger partial charge is 0.506 e. The lowest BCUT2D eigenvalue weighted by molar-refractivity contribution is -0.156. The van der Waals surface area contributed by atoms with Gasteiger partial charge in [-0.15, -0.1) is 0 Å². The lowest BCUT2D eigenvalue weighted by atomic mass is 9.94. The highest BCUT2D eigenvalue weighted by atomic mass is 19.4. The Morgan fingerprint density at radius 2 is 1.80 bits per heavy atom. The Morgan fingerprint density at radius 3 is 2.49 bits per heavy atom. The molecule has 1 aliphatic heterocycles. The zero-order valence-electron chi connectivity index (χ0n) is 24.8. The van der Waals surface area contributed by atoms with Gasteiger partial charge in [-0.3, -0.25) is 14.4 Å². The summed E-state index contributed by atoms with van der Waals surface area (Å²) in [6, 6.07) is 7.38. The van der Waals surface area contributed by atoms with E-state index in [0.29, 0.717) is 56.1 Å². The van der Waals surface area contributed by atoms with Crippen LogP contribution >= 0.6 is 0 Å². The first kappa shape index (κ1) is 35.7. The number of ether oxygens (including phenoxy) is 2. The van der Waals surface area contributed by atoms with Gasteiger partial charge in [-0.1, -0.05) is 31.4 Å². The van der Waals surface area contributed by atoms with Crippen LogP contribution in [0.2, 0.25) is 0 Å². The molecule has 1 saturated carbocycles. The number of nitrogens with one attached hydrogen (secondary N) is 2. The third-order valence-corrected chi connectivity index (χ3v) is 7.38. The third kappa shape index (κ3) is 11.9. The second-order valence-electron chi connectivity index (χ2n) is 10.7. The number of alkyl halides is 3. The molecule has 2 aromatic rings. The summed E-state index contributed by atoms with van der Waals surface area (Å²) in [4.78, 5) is 35.4. The number of phenolic OH excluding ortho intramolecular Hbond substituents is 1. The zero-order valence-corrected chi connectivity index (χ0v) is 24.8. The quantitative estimate of drug-likeness (QED) is 0.126. The highest BCUT2D eigenvalue weighted by molar-refractivity contribution is 5.97. The van der Waals surface area contributed by atoms with Gasteiger partial charge in [-0.2, -0.15) is 13.2 Å². The second-order valence-corrected chi connectivity index (χ2v) is 10.7. The number of nitrogens with zero attached hydrogens (tertiary/aromatic N) is 1. The molecule has 248 valence electrons. The fraction of sp³-hybridized carbons (Fsp3) is 0.516. The summed E-state index contributed by atoms with van der Waals surface area (Å²) in [5, 5.41) is 16.1. The minimum absolute atomic E-state index is 0.0234. The number of rotatable bonds is 13. The first-order valence-electron chi connectivity index (χ1n) is 14.8. The summed E-state index contributed by atoms with van der Waals surface area (Å²) in [5.41, 5.74) is 1.85. The molecule has 0 unspecified atom stereocenters. The van der Waals surface area contributed by atoms with Crippen molar-refractivity contribution in [3.63, 3.8) is 0 Å². The maximum atomic E-state index is 13.4. The van der Waals surface area contributed by atoms with Crippen LogP contribution in [0.25, 0.3) is 0 Å². The van der Waals surface area contributed by atoms with Crippen molar-refractivity contribution in [3.8, 4) is 11.5 Å². The standard InChI is InChI=1S/C29H37F2N3O5.C2HF3O/c30-23-8-6-20(18-24(23)31)11-16-38-17-12-27(37)34(22-4-2-1-3-5-22)15-14-32-13-10-21-7-9-25(35)28-29(21)39-19-26(36)33-28;3-2(4,5)1-6/h6-9,18,22,32,35H,1-5,10-17,19H2,(H,33,36);1H. The monoisotopic (exact) mass is 643 g/mol. The molecule has 0 radical (unpaired) electrons. The predicted octanol–water partition coefficient (Wildman–Crippen LogP) is 4.69. The van der Waals surface area contributed by atoms with Crippen LogP contribution in [0, 0.1) is 11.6 Å². The Labute approximate surface area is 258 Å². The first-order chi connectivity index (χ1) is 21.5. The van der Waals surface area contributed by atoms with Crippen LogP contribution in [0.5, 0.6) is 11.5 Å². The molecule has 3 N–H and O–H groups in total. The number of hydrogen-bond acceptors (Lipinski definition) is 7. The van der Waals surface area contributed by atoms with Gasteiger partial charge >= 0.3 is 6.18 Å². The average Bonchev–Trinajstić information content (AvgIpc) is 3.02. The highest BCUT2D eigenvalue weighted by Crippen LogP contribution is 2.39. The Balaban J connectivity index is 0.000000838. The zero-order chi connectivity index (χ0) is 32.8. The minimum Gasteiger partial charge on any atom is -0.506 e. The van der Waals surface area contributed by atoms with Gasteiger partial charge in [0.1, 0.15) is 11.4 Å². The van der Waals surface area contributed by atoms with E-state index in [-0.39, 0.29) is 43.2 Å². The number of aldehydes is 1. The highest BCUT2D eigenvalue weighted by Gasteiger charge is 2.26. The molecule has 2 amide bonds. The second kappa shape index (κ2) is 17.6. The molecule has 0 aromatic heterocycles. The van der Waals surface area contributed by atoms with Crippen LogP contribution < -0.4 is 15.4 Å². The van der Waals surface area contributed by atoms with Gasteiger partial charge in [-0.05, 0) is 61.6 Å². The maximum Gasteiger partial charge on any atom is 0.446 e. The van der Waals surface area contributed by atoms with E-state index in [2.05, 4.69) is 10.6 Å². The van der Waals surface area contributed by atoms with Gasteiger partial charge in [0.15, 0.2) is 24.0 Å². The van der Waals surface area contributed by atoms with E-state index in [1.165, 1.54) is 18.6 Å². The van der Waals surface area contributed by atoms with Gasteiger partial charge in [0, 0.05) is 19.1 Å². The Morgan fingerprint density at radius 1 is 1.07 bits per heavy atom. The maximum absolute atomic E-state index is 13.4. The van der Waals surface area contributed by atoms with Crippen LogP contribution in [-0.2, 0) is 32.0 Å². The van der Waals surface area contributed by atoms with Gasteiger partial charge in [0.05, 0.1) is 19.6 Å². The number of amides is 2. The SMILES string of the molecule is O=C1COc2c(CCNCCN(C(=O)CCOCCc3ccc(F)c(F)c3)C3CCCCC3)ccc(O)c2N1.O=CC(F)(F)F. The molecule has 2 aromatic carbocycles. The molecule has 0 saturated heterocycles. The summed E-state index contributed by atoms with van der Waals surface area (Å²) in [6.45, 7) is 2.41. The van der Waals surface area contributed by atoms with Gasteiger partial charge < -0.3 is 30.1 Å². The van der Waals surface area contributed by atoms with Crippen LogP contribution in [0.4, 0.5) is 27.6 Å². The Bertz CT molecular complexity index is 1290. The number of aromatic hydroxyl groups is 1. The van der Waals surface area contributed by atoms with Crippen molar-refractivity contribution in [1.29, 1.82) is 0 Å². The Kier molecular flexibility index (Phi) is 14.0. The summed E-state index contributed by atoms with van der Waals surface area (Å²) >= 11 is 0. The fourth-order valence-electron chi connectivity index (χ4n) is 5.15. The van der Waals surface area contributed by atoms with E-state index < -0.39 is 24.1 Å². The molecule has 9 nitrogen and oxygen atoms in total. The van der Waals surface area contributed by atoms with E-state index in [0.717, 1.165) is 37.3 Å². The molecule has 1 heterocycles. The summed E-state index contributed by atoms with van der Waals surface area (Å²) in [7, 11) is 0. The van der Waals surface area contributed by atoms with Gasteiger partial charge in [0.25, 0.3) is 5.91 Å². The van der Waals surface area contributed by atoms with Crippen molar-refractivity contribution >= 4 is 23.8 Å². The number of benzene rings is 2.